The average Bonchev–Trinajstić information content (AvgIpc) is 3.10. The molecule has 0 aliphatic carbocycles. The number of benzene rings is 2. The third-order valence-electron chi connectivity index (χ3n) is 4.06. The lowest BCUT2D eigenvalue weighted by Crippen LogP contribution is -2.12. The Balaban J connectivity index is 2.03. The maximum atomic E-state index is 13.1. The summed E-state index contributed by atoms with van der Waals surface area (Å²) in [7, 11) is 0. The number of halogens is 3. The van der Waals surface area contributed by atoms with Crippen molar-refractivity contribution in [3.63, 3.8) is 0 Å². The summed E-state index contributed by atoms with van der Waals surface area (Å²) in [6.07, 6.45) is -3.42. The molecular formula is C18H13F3N2. The second-order valence-electron chi connectivity index (χ2n) is 5.56. The van der Waals surface area contributed by atoms with E-state index >= 15 is 0 Å². The van der Waals surface area contributed by atoms with E-state index in [9.17, 15) is 13.2 Å². The van der Waals surface area contributed by atoms with E-state index in [4.69, 9.17) is 0 Å². The summed E-state index contributed by atoms with van der Waals surface area (Å²) in [5.41, 5.74) is 3.23. The molecule has 2 nitrogen and oxygen atoms in total. The van der Waals surface area contributed by atoms with Crippen LogP contribution in [0.2, 0.25) is 0 Å². The summed E-state index contributed by atoms with van der Waals surface area (Å²) >= 11 is 0. The molecular weight excluding hydrogens is 301 g/mol. The first-order valence-corrected chi connectivity index (χ1v) is 7.26. The predicted molar refractivity (Wildman–Crippen MR) is 85.4 cm³/mol. The van der Waals surface area contributed by atoms with E-state index in [1.807, 2.05) is 30.3 Å². The molecule has 0 atom stereocenters. The van der Waals surface area contributed by atoms with Crippen LogP contribution in [0, 0.1) is 0 Å². The van der Waals surface area contributed by atoms with Crippen LogP contribution < -0.4 is 0 Å². The molecule has 4 rings (SSSR count). The van der Waals surface area contributed by atoms with Crippen LogP contribution in [0.5, 0.6) is 0 Å². The minimum absolute atomic E-state index is 0.293. The number of rotatable bonds is 2. The molecule has 0 saturated heterocycles. The van der Waals surface area contributed by atoms with Gasteiger partial charge in [-0.3, -0.25) is 0 Å². The van der Waals surface area contributed by atoms with Gasteiger partial charge < -0.3 is 9.97 Å². The molecule has 0 amide bonds. The number of H-pyrrole nitrogens is 2. The summed E-state index contributed by atoms with van der Waals surface area (Å²) in [5.74, 6) is 0. The van der Waals surface area contributed by atoms with Gasteiger partial charge in [0.15, 0.2) is 0 Å². The number of hydrogen-bond donors (Lipinski definition) is 2. The lowest BCUT2D eigenvalue weighted by atomic mass is 10.00. The normalized spacial score (nSPS) is 12.3. The molecule has 2 heterocycles. The highest BCUT2D eigenvalue weighted by Crippen LogP contribution is 2.37. The third-order valence-corrected chi connectivity index (χ3v) is 4.06. The lowest BCUT2D eigenvalue weighted by Gasteiger charge is -2.09. The highest BCUT2D eigenvalue weighted by molar-refractivity contribution is 5.99. The zero-order chi connectivity index (χ0) is 16.0. The van der Waals surface area contributed by atoms with Crippen LogP contribution in [0.4, 0.5) is 13.2 Å². The molecule has 2 aromatic heterocycles. The molecule has 5 heteroatoms. The Morgan fingerprint density at radius 1 is 0.826 bits per heavy atom. The number of para-hydroxylation sites is 1. The van der Waals surface area contributed by atoms with Crippen molar-refractivity contribution < 1.29 is 13.2 Å². The zero-order valence-corrected chi connectivity index (χ0v) is 12.0. The van der Waals surface area contributed by atoms with Crippen LogP contribution in [-0.2, 0) is 6.42 Å². The van der Waals surface area contributed by atoms with Crippen molar-refractivity contribution >= 4 is 21.8 Å². The van der Waals surface area contributed by atoms with Gasteiger partial charge in [-0.2, -0.15) is 13.2 Å². The van der Waals surface area contributed by atoms with Crippen molar-refractivity contribution in [3.05, 3.63) is 60.3 Å². The van der Waals surface area contributed by atoms with E-state index < -0.39 is 12.6 Å². The molecule has 0 bridgehead atoms. The van der Waals surface area contributed by atoms with E-state index in [2.05, 4.69) is 9.97 Å². The minimum Gasteiger partial charge on any atom is -0.361 e. The van der Waals surface area contributed by atoms with Crippen molar-refractivity contribution in [2.75, 3.05) is 0 Å². The molecule has 4 aromatic rings. The van der Waals surface area contributed by atoms with Crippen molar-refractivity contribution in [2.24, 2.45) is 0 Å². The molecule has 2 N–H and O–H groups in total. The van der Waals surface area contributed by atoms with Crippen LogP contribution in [-0.4, -0.2) is 16.1 Å². The summed E-state index contributed by atoms with van der Waals surface area (Å²) < 4.78 is 39.2. The van der Waals surface area contributed by atoms with Crippen LogP contribution >= 0.6 is 0 Å². The van der Waals surface area contributed by atoms with Crippen LogP contribution in [0.25, 0.3) is 33.1 Å². The topological polar surface area (TPSA) is 31.6 Å². The van der Waals surface area contributed by atoms with Gasteiger partial charge in [0.25, 0.3) is 0 Å². The monoisotopic (exact) mass is 314 g/mol. The van der Waals surface area contributed by atoms with Gasteiger partial charge in [0, 0.05) is 33.6 Å². The minimum atomic E-state index is -4.26. The Bertz CT molecular complexity index is 992. The van der Waals surface area contributed by atoms with E-state index in [0.29, 0.717) is 22.2 Å². The fraction of sp³-hybridized carbons (Fsp3) is 0.111. The molecule has 0 saturated carbocycles. The Labute approximate surface area is 129 Å². The van der Waals surface area contributed by atoms with Gasteiger partial charge in [-0.25, -0.2) is 0 Å². The Morgan fingerprint density at radius 2 is 1.61 bits per heavy atom. The highest BCUT2D eigenvalue weighted by atomic mass is 19.4. The first-order valence-electron chi connectivity index (χ1n) is 7.26. The molecule has 0 unspecified atom stereocenters. The SMILES string of the molecule is FC(F)(F)Cc1c(-c2cccc3[nH]ccc23)[nH]c2ccccc12. The van der Waals surface area contributed by atoms with Gasteiger partial charge in [0.1, 0.15) is 0 Å². The van der Waals surface area contributed by atoms with Gasteiger partial charge in [-0.15, -0.1) is 0 Å². The van der Waals surface area contributed by atoms with Crippen LogP contribution in [0.3, 0.4) is 0 Å². The number of alkyl halides is 3. The Morgan fingerprint density at radius 3 is 2.43 bits per heavy atom. The molecule has 0 radical (unpaired) electrons. The lowest BCUT2D eigenvalue weighted by molar-refractivity contribution is -0.126. The van der Waals surface area contributed by atoms with Gasteiger partial charge in [0.2, 0.25) is 0 Å². The van der Waals surface area contributed by atoms with E-state index in [1.165, 1.54) is 0 Å². The molecule has 2 aromatic carbocycles. The molecule has 0 fully saturated rings. The number of aromatic nitrogens is 2. The predicted octanol–water partition coefficient (Wildman–Crippen LogP) is 5.42. The maximum absolute atomic E-state index is 13.1. The zero-order valence-electron chi connectivity index (χ0n) is 12.0. The second-order valence-corrected chi connectivity index (χ2v) is 5.56. The molecule has 0 spiro atoms. The summed E-state index contributed by atoms with van der Waals surface area (Å²) in [6.45, 7) is 0. The number of nitrogens with one attached hydrogen (secondary N) is 2. The fourth-order valence-electron chi connectivity index (χ4n) is 3.12. The smallest absolute Gasteiger partial charge is 0.361 e. The standard InChI is InChI=1S/C18H13F3N2/c19-18(20,21)10-14-11-4-1-2-6-16(11)23-17(14)13-5-3-7-15-12(13)8-9-22-15/h1-9,22-23H,10H2. The first kappa shape index (κ1) is 13.9. The van der Waals surface area contributed by atoms with Crippen LogP contribution in [0.15, 0.2) is 54.7 Å². The highest BCUT2D eigenvalue weighted by Gasteiger charge is 2.31. The number of hydrogen-bond acceptors (Lipinski definition) is 0. The molecule has 116 valence electrons. The Kier molecular flexibility index (Phi) is 2.98. The van der Waals surface area contributed by atoms with Gasteiger partial charge >= 0.3 is 6.18 Å². The van der Waals surface area contributed by atoms with Crippen LogP contribution in [0.1, 0.15) is 5.56 Å². The molecule has 0 aliphatic rings. The van der Waals surface area contributed by atoms with Crippen molar-refractivity contribution in [3.8, 4) is 11.3 Å². The van der Waals surface area contributed by atoms with Gasteiger partial charge in [0.05, 0.1) is 12.1 Å². The van der Waals surface area contributed by atoms with Gasteiger partial charge in [-0.05, 0) is 23.8 Å². The Hall–Kier alpha value is -2.69. The van der Waals surface area contributed by atoms with Crippen molar-refractivity contribution in [1.29, 1.82) is 0 Å². The third kappa shape index (κ3) is 2.38. The fourth-order valence-corrected chi connectivity index (χ4v) is 3.12. The second kappa shape index (κ2) is 4.91. The molecule has 23 heavy (non-hydrogen) atoms. The quantitative estimate of drug-likeness (QED) is 0.495. The van der Waals surface area contributed by atoms with Crippen molar-refractivity contribution in [2.45, 2.75) is 12.6 Å². The maximum Gasteiger partial charge on any atom is 0.393 e. The molecule has 0 aliphatic heterocycles. The first-order chi connectivity index (χ1) is 11.0. The summed E-state index contributed by atoms with van der Waals surface area (Å²) in [6, 6.07) is 14.6. The average molecular weight is 314 g/mol. The largest absolute Gasteiger partial charge is 0.393 e. The number of fused-ring (bicyclic) bond motifs is 2. The van der Waals surface area contributed by atoms with E-state index in [1.54, 1.807) is 24.4 Å². The number of aromatic amines is 2. The van der Waals surface area contributed by atoms with E-state index in [0.717, 1.165) is 16.5 Å². The van der Waals surface area contributed by atoms with Crippen molar-refractivity contribution in [1.82, 2.24) is 9.97 Å². The summed E-state index contributed by atoms with van der Waals surface area (Å²) in [5, 5.41) is 1.52. The van der Waals surface area contributed by atoms with Gasteiger partial charge in [-0.1, -0.05) is 30.3 Å². The van der Waals surface area contributed by atoms with E-state index in [-0.39, 0.29) is 0 Å². The summed E-state index contributed by atoms with van der Waals surface area (Å²) in [4.78, 5) is 6.27.